The first-order valence-electron chi connectivity index (χ1n) is 12.9. The molecule has 192 valence electrons. The number of allylic oxidation sites excluding steroid dienone is 1. The van der Waals surface area contributed by atoms with Crippen molar-refractivity contribution in [2.24, 2.45) is 0 Å². The minimum Gasteiger partial charge on any atom is -0.507 e. The molecule has 2 rings (SSSR count). The Morgan fingerprint density at radius 3 is 1.83 bits per heavy atom. The van der Waals surface area contributed by atoms with Crippen molar-refractivity contribution in [2.75, 3.05) is 52.5 Å². The Morgan fingerprint density at radius 2 is 1.31 bits per heavy atom. The fourth-order valence-electron chi connectivity index (χ4n) is 3.78. The van der Waals surface area contributed by atoms with Gasteiger partial charge in [0, 0.05) is 19.2 Å². The SMILES string of the molecule is CCN(CC)CCCOc1ccc(/C=C/C(=O)c2ccc(OCCCN(CC)CC)cc2O)cc1. The Bertz CT molecular complexity index is 903. The van der Waals surface area contributed by atoms with Crippen LogP contribution >= 0.6 is 0 Å². The van der Waals surface area contributed by atoms with Crippen molar-refractivity contribution in [2.45, 2.75) is 40.5 Å². The van der Waals surface area contributed by atoms with Crippen LogP contribution in [-0.2, 0) is 0 Å². The van der Waals surface area contributed by atoms with Gasteiger partial charge in [-0.2, -0.15) is 0 Å². The Hall–Kier alpha value is -2.83. The minimum atomic E-state index is -0.257. The highest BCUT2D eigenvalue weighted by atomic mass is 16.5. The molecule has 0 saturated carbocycles. The number of phenols is 1. The molecule has 0 aliphatic carbocycles. The minimum absolute atomic E-state index is 0.0747. The third kappa shape index (κ3) is 10.1. The van der Waals surface area contributed by atoms with E-state index >= 15 is 0 Å². The average molecular weight is 483 g/mol. The largest absolute Gasteiger partial charge is 0.507 e. The second-order valence-electron chi connectivity index (χ2n) is 8.40. The molecule has 0 unspecified atom stereocenters. The molecule has 0 amide bonds. The second-order valence-corrected chi connectivity index (χ2v) is 8.40. The van der Waals surface area contributed by atoms with E-state index in [0.29, 0.717) is 19.0 Å². The average Bonchev–Trinajstić information content (AvgIpc) is 2.88. The highest BCUT2D eigenvalue weighted by Crippen LogP contribution is 2.25. The Labute approximate surface area is 211 Å². The number of benzene rings is 2. The normalized spacial score (nSPS) is 11.5. The summed E-state index contributed by atoms with van der Waals surface area (Å²) in [6.07, 6.45) is 5.11. The highest BCUT2D eigenvalue weighted by molar-refractivity contribution is 6.08. The molecule has 0 spiro atoms. The number of hydrogen-bond donors (Lipinski definition) is 1. The van der Waals surface area contributed by atoms with Gasteiger partial charge in [0.2, 0.25) is 0 Å². The number of ketones is 1. The van der Waals surface area contributed by atoms with Crippen molar-refractivity contribution in [3.8, 4) is 17.2 Å². The summed E-state index contributed by atoms with van der Waals surface area (Å²) in [5.74, 6) is 1.05. The summed E-state index contributed by atoms with van der Waals surface area (Å²) in [4.78, 5) is 17.3. The topological polar surface area (TPSA) is 62.2 Å². The van der Waals surface area contributed by atoms with Gasteiger partial charge >= 0.3 is 0 Å². The summed E-state index contributed by atoms with van der Waals surface area (Å²) < 4.78 is 11.5. The van der Waals surface area contributed by atoms with Crippen LogP contribution in [0.2, 0.25) is 0 Å². The van der Waals surface area contributed by atoms with Crippen molar-refractivity contribution >= 4 is 11.9 Å². The van der Waals surface area contributed by atoms with Crippen molar-refractivity contribution in [1.82, 2.24) is 9.80 Å². The molecule has 2 aromatic rings. The third-order valence-electron chi connectivity index (χ3n) is 6.11. The van der Waals surface area contributed by atoms with Gasteiger partial charge in [0.25, 0.3) is 0 Å². The highest BCUT2D eigenvalue weighted by Gasteiger charge is 2.10. The van der Waals surface area contributed by atoms with Crippen molar-refractivity contribution in [3.63, 3.8) is 0 Å². The third-order valence-corrected chi connectivity index (χ3v) is 6.11. The Kier molecular flexibility index (Phi) is 12.9. The molecule has 0 fully saturated rings. The lowest BCUT2D eigenvalue weighted by molar-refractivity contribution is 0.104. The van der Waals surface area contributed by atoms with Crippen molar-refractivity contribution in [1.29, 1.82) is 0 Å². The van der Waals surface area contributed by atoms with Crippen LogP contribution in [0, 0.1) is 0 Å². The molecular weight excluding hydrogens is 440 g/mol. The molecule has 6 nitrogen and oxygen atoms in total. The fraction of sp³-hybridized carbons (Fsp3) is 0.483. The van der Waals surface area contributed by atoms with Gasteiger partial charge in [-0.15, -0.1) is 0 Å². The van der Waals surface area contributed by atoms with Gasteiger partial charge < -0.3 is 24.4 Å². The lowest BCUT2D eigenvalue weighted by Gasteiger charge is -2.17. The maximum Gasteiger partial charge on any atom is 0.189 e. The molecule has 0 radical (unpaired) electrons. The van der Waals surface area contributed by atoms with Crippen LogP contribution < -0.4 is 9.47 Å². The van der Waals surface area contributed by atoms with Gasteiger partial charge in [0.15, 0.2) is 5.78 Å². The molecule has 0 aromatic heterocycles. The number of aromatic hydroxyl groups is 1. The first kappa shape index (κ1) is 28.4. The van der Waals surface area contributed by atoms with E-state index in [4.69, 9.17) is 9.47 Å². The number of phenolic OH excluding ortho intramolecular Hbond substituents is 1. The predicted molar refractivity (Wildman–Crippen MR) is 144 cm³/mol. The fourth-order valence-corrected chi connectivity index (χ4v) is 3.78. The number of carbonyl (C=O) groups excluding carboxylic acids is 1. The van der Waals surface area contributed by atoms with E-state index < -0.39 is 0 Å². The second kappa shape index (κ2) is 16.0. The van der Waals surface area contributed by atoms with Crippen LogP contribution in [0.25, 0.3) is 6.08 Å². The molecule has 2 aromatic carbocycles. The maximum absolute atomic E-state index is 12.6. The summed E-state index contributed by atoms with van der Waals surface area (Å²) in [6, 6.07) is 12.5. The first-order valence-corrected chi connectivity index (χ1v) is 12.9. The monoisotopic (exact) mass is 482 g/mol. The number of ether oxygens (including phenoxy) is 2. The Morgan fingerprint density at radius 1 is 0.800 bits per heavy atom. The summed E-state index contributed by atoms with van der Waals surface area (Å²) in [5.41, 5.74) is 1.14. The van der Waals surface area contributed by atoms with Gasteiger partial charge in [-0.25, -0.2) is 0 Å². The maximum atomic E-state index is 12.6. The van der Waals surface area contributed by atoms with Crippen molar-refractivity contribution in [3.05, 3.63) is 59.7 Å². The van der Waals surface area contributed by atoms with Crippen LogP contribution in [0.3, 0.4) is 0 Å². The van der Waals surface area contributed by atoms with E-state index in [9.17, 15) is 9.90 Å². The Balaban J connectivity index is 1.81. The zero-order valence-electron chi connectivity index (χ0n) is 21.8. The number of carbonyl (C=O) groups is 1. The standard InChI is InChI=1S/C29H42N2O4/c1-5-30(6-2)19-9-21-34-25-14-11-24(12-15-25)13-18-28(32)27-17-16-26(23-29(27)33)35-22-10-20-31(7-3)8-4/h11-18,23,33H,5-10,19-22H2,1-4H3/b18-13+. The van der Waals surface area contributed by atoms with Gasteiger partial charge in [0.1, 0.15) is 17.2 Å². The quantitative estimate of drug-likeness (QED) is 0.182. The molecule has 0 bridgehead atoms. The molecule has 0 aliphatic rings. The zero-order chi connectivity index (χ0) is 25.5. The van der Waals surface area contributed by atoms with Gasteiger partial charge in [-0.3, -0.25) is 4.79 Å². The summed E-state index contributed by atoms with van der Waals surface area (Å²) in [6.45, 7) is 16.1. The molecule has 0 aliphatic heterocycles. The van der Waals surface area contributed by atoms with E-state index in [1.165, 1.54) is 12.1 Å². The number of nitrogens with zero attached hydrogens (tertiary/aromatic N) is 2. The predicted octanol–water partition coefficient (Wildman–Crippen LogP) is 5.51. The van der Waals surface area contributed by atoms with Gasteiger partial charge in [-0.05, 0) is 74.9 Å². The van der Waals surface area contributed by atoms with E-state index in [1.807, 2.05) is 24.3 Å². The van der Waals surface area contributed by atoms with E-state index in [2.05, 4.69) is 37.5 Å². The summed E-state index contributed by atoms with van der Waals surface area (Å²) in [7, 11) is 0. The van der Waals surface area contributed by atoms with Crippen LogP contribution in [0.5, 0.6) is 17.2 Å². The molecule has 0 atom stereocenters. The lowest BCUT2D eigenvalue weighted by Crippen LogP contribution is -2.25. The van der Waals surface area contributed by atoms with Gasteiger partial charge in [0.05, 0.1) is 18.8 Å². The van der Waals surface area contributed by atoms with Crippen LogP contribution in [0.1, 0.15) is 56.5 Å². The molecule has 0 heterocycles. The summed E-state index contributed by atoms with van der Waals surface area (Å²) >= 11 is 0. The van der Waals surface area contributed by atoms with E-state index in [0.717, 1.165) is 63.4 Å². The van der Waals surface area contributed by atoms with Crippen LogP contribution in [0.15, 0.2) is 48.5 Å². The van der Waals surface area contributed by atoms with Crippen LogP contribution in [0.4, 0.5) is 0 Å². The van der Waals surface area contributed by atoms with Crippen LogP contribution in [-0.4, -0.2) is 73.2 Å². The molecule has 6 heteroatoms. The van der Waals surface area contributed by atoms with Crippen molar-refractivity contribution < 1.29 is 19.4 Å². The molecular formula is C29H42N2O4. The summed E-state index contributed by atoms with van der Waals surface area (Å²) in [5, 5.41) is 10.3. The molecule has 35 heavy (non-hydrogen) atoms. The van der Waals surface area contributed by atoms with E-state index in [-0.39, 0.29) is 17.1 Å². The van der Waals surface area contributed by atoms with Gasteiger partial charge in [-0.1, -0.05) is 45.9 Å². The van der Waals surface area contributed by atoms with E-state index in [1.54, 1.807) is 18.2 Å². The smallest absolute Gasteiger partial charge is 0.189 e. The number of hydrogen-bond acceptors (Lipinski definition) is 6. The zero-order valence-corrected chi connectivity index (χ0v) is 21.8. The lowest BCUT2D eigenvalue weighted by atomic mass is 10.1. The first-order chi connectivity index (χ1) is 17.0. The molecule has 0 saturated heterocycles. The number of rotatable bonds is 17. The molecule has 1 N–H and O–H groups in total.